The summed E-state index contributed by atoms with van der Waals surface area (Å²) >= 11 is 0. The van der Waals surface area contributed by atoms with E-state index in [1.807, 2.05) is 19.1 Å². The highest BCUT2D eigenvalue weighted by Crippen LogP contribution is 2.27. The molecule has 30 heavy (non-hydrogen) atoms. The van der Waals surface area contributed by atoms with E-state index in [0.717, 1.165) is 17.2 Å². The van der Waals surface area contributed by atoms with Crippen molar-refractivity contribution < 1.29 is 18.9 Å². The van der Waals surface area contributed by atoms with E-state index in [1.165, 1.54) is 24.3 Å². The summed E-state index contributed by atoms with van der Waals surface area (Å²) in [6, 6.07) is 11.1. The van der Waals surface area contributed by atoms with Gasteiger partial charge in [-0.05, 0) is 48.2 Å². The van der Waals surface area contributed by atoms with Crippen LogP contribution in [-0.2, 0) is 16.1 Å². The molecule has 0 saturated heterocycles. The molecule has 7 heteroatoms. The molecule has 0 spiro atoms. The van der Waals surface area contributed by atoms with Crippen LogP contribution in [0.5, 0.6) is 0 Å². The topological polar surface area (TPSA) is 99.7 Å². The third-order valence-electron chi connectivity index (χ3n) is 4.74. The molecule has 0 aliphatic rings. The zero-order valence-corrected chi connectivity index (χ0v) is 16.9. The monoisotopic (exact) mass is 407 g/mol. The molecule has 7 nitrogen and oxygen atoms in total. The number of nitrogens with zero attached hydrogens (tertiary/aromatic N) is 1. The number of hydrogen-bond donors (Lipinski definition) is 0. The number of nitro groups is 1. The molecule has 3 aromatic rings. The highest BCUT2D eigenvalue weighted by Gasteiger charge is 2.13. The first-order chi connectivity index (χ1) is 14.3. The molecular formula is C23H21NO6. The predicted molar refractivity (Wildman–Crippen MR) is 113 cm³/mol. The molecule has 2 aromatic carbocycles. The first kappa shape index (κ1) is 21.0. The predicted octanol–water partition coefficient (Wildman–Crippen LogP) is 4.89. The molecule has 0 aliphatic heterocycles. The van der Waals surface area contributed by atoms with Crippen molar-refractivity contribution in [3.8, 4) is 0 Å². The van der Waals surface area contributed by atoms with Gasteiger partial charge in [0.05, 0.1) is 10.5 Å². The molecule has 0 aliphatic carbocycles. The van der Waals surface area contributed by atoms with E-state index in [0.29, 0.717) is 22.1 Å². The average molecular weight is 407 g/mol. The summed E-state index contributed by atoms with van der Waals surface area (Å²) in [6.07, 6.45) is 2.46. The fourth-order valence-electron chi connectivity index (χ4n) is 3.28. The Morgan fingerprint density at radius 3 is 2.67 bits per heavy atom. The molecule has 3 rings (SSSR count). The van der Waals surface area contributed by atoms with Crippen molar-refractivity contribution >= 4 is 28.7 Å². The second-order valence-corrected chi connectivity index (χ2v) is 7.21. The number of esters is 1. The number of para-hydroxylation sites is 1. The first-order valence-electron chi connectivity index (χ1n) is 9.42. The minimum Gasteiger partial charge on any atom is -0.458 e. The molecular weight excluding hydrogens is 386 g/mol. The lowest BCUT2D eigenvalue weighted by Gasteiger charge is -2.13. The quantitative estimate of drug-likeness (QED) is 0.190. The molecule has 0 N–H and O–H groups in total. The van der Waals surface area contributed by atoms with Gasteiger partial charge in [0.15, 0.2) is 0 Å². The van der Waals surface area contributed by atoms with Crippen LogP contribution < -0.4 is 5.63 Å². The number of nitro benzene ring substituents is 1. The fraction of sp³-hybridized carbons (Fsp3) is 0.217. The Kier molecular flexibility index (Phi) is 6.11. The van der Waals surface area contributed by atoms with Crippen LogP contribution in [0.25, 0.3) is 17.0 Å². The summed E-state index contributed by atoms with van der Waals surface area (Å²) in [5.74, 6) is -0.396. The standard InChI is InChI=1S/C23H21NO6/c1-14(2)18-12-19-17(11-23(26)30-21(19)10-15(18)3)13-29-22(25)9-8-16-6-4-5-7-20(16)24(27)28/h4-12,14H,13H2,1-3H3/b9-8+. The molecule has 0 radical (unpaired) electrons. The Labute approximate surface area is 172 Å². The first-order valence-corrected chi connectivity index (χ1v) is 9.42. The van der Waals surface area contributed by atoms with Crippen molar-refractivity contribution in [2.75, 3.05) is 0 Å². The van der Waals surface area contributed by atoms with E-state index in [4.69, 9.17) is 9.15 Å². The Morgan fingerprint density at radius 2 is 1.97 bits per heavy atom. The number of rotatable bonds is 6. The van der Waals surface area contributed by atoms with Gasteiger partial charge < -0.3 is 9.15 Å². The Morgan fingerprint density at radius 1 is 1.23 bits per heavy atom. The largest absolute Gasteiger partial charge is 0.458 e. The second-order valence-electron chi connectivity index (χ2n) is 7.21. The smallest absolute Gasteiger partial charge is 0.336 e. The van der Waals surface area contributed by atoms with Crippen LogP contribution in [0, 0.1) is 17.0 Å². The molecule has 1 heterocycles. The van der Waals surface area contributed by atoms with Crippen LogP contribution in [0.15, 0.2) is 57.8 Å². The molecule has 0 unspecified atom stereocenters. The van der Waals surface area contributed by atoms with Gasteiger partial charge >= 0.3 is 11.6 Å². The van der Waals surface area contributed by atoms with Crippen molar-refractivity contribution in [1.82, 2.24) is 0 Å². The average Bonchev–Trinajstić information content (AvgIpc) is 2.69. The molecule has 0 saturated carbocycles. The molecule has 0 fully saturated rings. The normalized spacial score (nSPS) is 11.3. The maximum atomic E-state index is 12.1. The minimum atomic E-state index is -0.675. The van der Waals surface area contributed by atoms with Gasteiger partial charge in [0.1, 0.15) is 12.2 Å². The Hall–Kier alpha value is -3.74. The van der Waals surface area contributed by atoms with Crippen LogP contribution in [0.2, 0.25) is 0 Å². The van der Waals surface area contributed by atoms with Gasteiger partial charge in [0, 0.05) is 29.2 Å². The maximum Gasteiger partial charge on any atom is 0.336 e. The van der Waals surface area contributed by atoms with Gasteiger partial charge in [-0.2, -0.15) is 0 Å². The minimum absolute atomic E-state index is 0.107. The summed E-state index contributed by atoms with van der Waals surface area (Å²) in [4.78, 5) is 34.6. The van der Waals surface area contributed by atoms with E-state index in [2.05, 4.69) is 13.8 Å². The Balaban J connectivity index is 1.83. The molecule has 0 amide bonds. The number of aryl methyl sites for hydroxylation is 1. The SMILES string of the molecule is Cc1cc2oc(=O)cc(COC(=O)/C=C/c3ccccc3[N+](=O)[O-])c2cc1C(C)C. The van der Waals surface area contributed by atoms with Gasteiger partial charge in [0.2, 0.25) is 0 Å². The maximum absolute atomic E-state index is 12.1. The number of benzene rings is 2. The van der Waals surface area contributed by atoms with Gasteiger partial charge in [-0.15, -0.1) is 0 Å². The lowest BCUT2D eigenvalue weighted by molar-refractivity contribution is -0.385. The molecule has 0 bridgehead atoms. The van der Waals surface area contributed by atoms with Crippen molar-refractivity contribution in [3.05, 3.63) is 91.3 Å². The third-order valence-corrected chi connectivity index (χ3v) is 4.74. The van der Waals surface area contributed by atoms with E-state index in [1.54, 1.807) is 12.1 Å². The van der Waals surface area contributed by atoms with Gasteiger partial charge in [-0.25, -0.2) is 9.59 Å². The molecule has 1 aromatic heterocycles. The summed E-state index contributed by atoms with van der Waals surface area (Å²) in [5, 5.41) is 11.8. The van der Waals surface area contributed by atoms with Crippen LogP contribution in [0.3, 0.4) is 0 Å². The summed E-state index contributed by atoms with van der Waals surface area (Å²) < 4.78 is 10.6. The van der Waals surface area contributed by atoms with Gasteiger partial charge in [-0.3, -0.25) is 10.1 Å². The molecule has 0 atom stereocenters. The summed E-state index contributed by atoms with van der Waals surface area (Å²) in [5.41, 5.74) is 2.76. The van der Waals surface area contributed by atoms with Gasteiger partial charge in [0.25, 0.3) is 5.69 Å². The van der Waals surface area contributed by atoms with Crippen molar-refractivity contribution in [3.63, 3.8) is 0 Å². The lowest BCUT2D eigenvalue weighted by atomic mass is 9.95. The highest BCUT2D eigenvalue weighted by atomic mass is 16.6. The van der Waals surface area contributed by atoms with Crippen LogP contribution >= 0.6 is 0 Å². The fourth-order valence-corrected chi connectivity index (χ4v) is 3.28. The van der Waals surface area contributed by atoms with Crippen molar-refractivity contribution in [2.24, 2.45) is 0 Å². The number of ether oxygens (including phenoxy) is 1. The van der Waals surface area contributed by atoms with Crippen LogP contribution in [0.4, 0.5) is 5.69 Å². The zero-order chi connectivity index (χ0) is 21.8. The summed E-state index contributed by atoms with van der Waals surface area (Å²) in [7, 11) is 0. The van der Waals surface area contributed by atoms with E-state index >= 15 is 0 Å². The Bertz CT molecular complexity index is 1210. The second kappa shape index (κ2) is 8.73. The number of carbonyl (C=O) groups is 1. The van der Waals surface area contributed by atoms with E-state index in [-0.39, 0.29) is 18.2 Å². The zero-order valence-electron chi connectivity index (χ0n) is 16.9. The van der Waals surface area contributed by atoms with Crippen molar-refractivity contribution in [2.45, 2.75) is 33.3 Å². The number of carbonyl (C=O) groups excluding carboxylic acids is 1. The van der Waals surface area contributed by atoms with Crippen LogP contribution in [-0.4, -0.2) is 10.9 Å². The lowest BCUT2D eigenvalue weighted by Crippen LogP contribution is -2.06. The highest BCUT2D eigenvalue weighted by molar-refractivity contribution is 5.88. The van der Waals surface area contributed by atoms with Crippen molar-refractivity contribution in [1.29, 1.82) is 0 Å². The van der Waals surface area contributed by atoms with Gasteiger partial charge in [-0.1, -0.05) is 26.0 Å². The van der Waals surface area contributed by atoms with E-state index in [9.17, 15) is 19.7 Å². The third kappa shape index (κ3) is 4.63. The number of fused-ring (bicyclic) bond motifs is 1. The van der Waals surface area contributed by atoms with Crippen LogP contribution in [0.1, 0.15) is 42.0 Å². The number of hydrogen-bond acceptors (Lipinski definition) is 6. The van der Waals surface area contributed by atoms with E-state index < -0.39 is 16.5 Å². The summed E-state index contributed by atoms with van der Waals surface area (Å²) in [6.45, 7) is 5.97. The molecule has 154 valence electrons.